The van der Waals surface area contributed by atoms with Gasteiger partial charge < -0.3 is 10.8 Å². The van der Waals surface area contributed by atoms with E-state index >= 15 is 0 Å². The third-order valence-corrected chi connectivity index (χ3v) is 3.06. The van der Waals surface area contributed by atoms with Crippen LogP contribution in [0.1, 0.15) is 15.9 Å². The number of nitrogens with two attached hydrogens (primary N) is 1. The van der Waals surface area contributed by atoms with Crippen LogP contribution >= 0.6 is 0 Å². The molecular formula is C15H12N4O5. The number of rotatable bonds is 5. The summed E-state index contributed by atoms with van der Waals surface area (Å²) < 4.78 is 0. The Hall–Kier alpha value is -3.75. The number of benzene rings is 2. The van der Waals surface area contributed by atoms with Crippen LogP contribution in [0.25, 0.3) is 11.1 Å². The lowest BCUT2D eigenvalue weighted by Gasteiger charge is -2.04. The van der Waals surface area contributed by atoms with Gasteiger partial charge in [0.25, 0.3) is 5.69 Å². The van der Waals surface area contributed by atoms with E-state index in [1.807, 2.05) is 0 Å². The summed E-state index contributed by atoms with van der Waals surface area (Å²) in [6.07, 6.45) is 1.38. The van der Waals surface area contributed by atoms with E-state index in [4.69, 9.17) is 10.8 Å². The lowest BCUT2D eigenvalue weighted by molar-refractivity contribution is -0.385. The number of nitrogens with zero attached hydrogens (tertiary/aromatic N) is 2. The molecule has 9 heteroatoms. The minimum Gasteiger partial charge on any atom is -0.477 e. The topological polar surface area (TPSA) is 148 Å². The summed E-state index contributed by atoms with van der Waals surface area (Å²) >= 11 is 0. The summed E-state index contributed by atoms with van der Waals surface area (Å²) in [5.74, 6) is -1.36. The summed E-state index contributed by atoms with van der Waals surface area (Å²) in [6, 6.07) is 9.85. The van der Waals surface area contributed by atoms with Crippen molar-refractivity contribution in [3.8, 4) is 11.1 Å². The lowest BCUT2D eigenvalue weighted by Crippen LogP contribution is -2.24. The van der Waals surface area contributed by atoms with Gasteiger partial charge in [-0.2, -0.15) is 5.10 Å². The van der Waals surface area contributed by atoms with Gasteiger partial charge in [0.1, 0.15) is 5.56 Å². The lowest BCUT2D eigenvalue weighted by atomic mass is 10.0. The van der Waals surface area contributed by atoms with Crippen molar-refractivity contribution in [3.63, 3.8) is 0 Å². The fourth-order valence-electron chi connectivity index (χ4n) is 1.98. The Morgan fingerprint density at radius 2 is 1.79 bits per heavy atom. The highest BCUT2D eigenvalue weighted by molar-refractivity contribution is 5.93. The fourth-order valence-corrected chi connectivity index (χ4v) is 1.98. The highest BCUT2D eigenvalue weighted by Crippen LogP contribution is 2.27. The Balaban J connectivity index is 2.30. The van der Waals surface area contributed by atoms with Gasteiger partial charge in [-0.15, -0.1) is 0 Å². The number of hydrogen-bond donors (Lipinski definition) is 3. The predicted octanol–water partition coefficient (Wildman–Crippen LogP) is 1.96. The number of nitro groups is 1. The molecule has 2 aromatic carbocycles. The van der Waals surface area contributed by atoms with Crippen LogP contribution in [0, 0.1) is 10.1 Å². The van der Waals surface area contributed by atoms with Gasteiger partial charge in [-0.3, -0.25) is 10.1 Å². The van der Waals surface area contributed by atoms with Crippen LogP contribution in [-0.4, -0.2) is 28.2 Å². The molecule has 2 amide bonds. The van der Waals surface area contributed by atoms with Gasteiger partial charge in [0.15, 0.2) is 0 Å². The molecule has 0 bridgehead atoms. The second-order valence-corrected chi connectivity index (χ2v) is 4.65. The number of nitrogens with one attached hydrogen (secondary N) is 1. The number of aromatic carboxylic acids is 1. The number of carboxylic acids is 1. The number of nitro benzene ring substituents is 1. The summed E-state index contributed by atoms with van der Waals surface area (Å²) in [4.78, 5) is 31.8. The SMILES string of the molecule is NC(=O)NN=Cc1ccc(-c2ccc(C(=O)O)c([N+](=O)[O-])c2)cc1. The number of carboxylic acid groups (broad SMARTS) is 1. The molecule has 2 aromatic rings. The number of hydrazone groups is 1. The van der Waals surface area contributed by atoms with E-state index in [0.29, 0.717) is 16.7 Å². The molecule has 0 fully saturated rings. The van der Waals surface area contributed by atoms with Gasteiger partial charge in [-0.25, -0.2) is 15.0 Å². The summed E-state index contributed by atoms with van der Waals surface area (Å²) in [5, 5.41) is 23.6. The number of primary amides is 1. The summed E-state index contributed by atoms with van der Waals surface area (Å²) in [6.45, 7) is 0. The Morgan fingerprint density at radius 3 is 2.33 bits per heavy atom. The average molecular weight is 328 g/mol. The molecule has 4 N–H and O–H groups in total. The highest BCUT2D eigenvalue weighted by atomic mass is 16.6. The van der Waals surface area contributed by atoms with E-state index in [-0.39, 0.29) is 5.56 Å². The number of carbonyl (C=O) groups excluding carboxylic acids is 1. The van der Waals surface area contributed by atoms with Crippen molar-refractivity contribution in [2.24, 2.45) is 10.8 Å². The van der Waals surface area contributed by atoms with Crippen LogP contribution in [-0.2, 0) is 0 Å². The Kier molecular flexibility index (Phi) is 4.85. The molecule has 0 heterocycles. The third kappa shape index (κ3) is 3.91. The fraction of sp³-hybridized carbons (Fsp3) is 0. The number of urea groups is 1. The largest absolute Gasteiger partial charge is 0.477 e. The second kappa shape index (κ2) is 7.01. The normalized spacial score (nSPS) is 10.5. The first-order chi connectivity index (χ1) is 11.4. The molecule has 24 heavy (non-hydrogen) atoms. The Morgan fingerprint density at radius 1 is 1.17 bits per heavy atom. The minimum atomic E-state index is -1.36. The van der Waals surface area contributed by atoms with E-state index in [0.717, 1.165) is 0 Å². The van der Waals surface area contributed by atoms with E-state index in [9.17, 15) is 19.7 Å². The Labute approximate surface area is 135 Å². The maximum Gasteiger partial charge on any atom is 0.342 e. The van der Waals surface area contributed by atoms with Crippen molar-refractivity contribution in [1.82, 2.24) is 5.43 Å². The van der Waals surface area contributed by atoms with E-state index < -0.39 is 22.6 Å². The van der Waals surface area contributed by atoms with E-state index in [2.05, 4.69) is 10.5 Å². The molecule has 0 saturated heterocycles. The smallest absolute Gasteiger partial charge is 0.342 e. The number of amides is 2. The highest BCUT2D eigenvalue weighted by Gasteiger charge is 2.20. The van der Waals surface area contributed by atoms with Gasteiger partial charge in [0, 0.05) is 6.07 Å². The molecule has 0 atom stereocenters. The van der Waals surface area contributed by atoms with Crippen LogP contribution in [0.4, 0.5) is 10.5 Å². The van der Waals surface area contributed by atoms with Crippen LogP contribution in [0.15, 0.2) is 47.6 Å². The molecule has 2 rings (SSSR count). The molecule has 9 nitrogen and oxygen atoms in total. The quantitative estimate of drug-likeness (QED) is 0.436. The standard InChI is InChI=1S/C15H12N4O5/c16-15(22)18-17-8-9-1-3-10(4-2-9)11-5-6-12(14(20)21)13(7-11)19(23)24/h1-8H,(H,20,21)(H3,16,18,22). The molecule has 0 spiro atoms. The van der Waals surface area contributed by atoms with Crippen molar-refractivity contribution < 1.29 is 19.6 Å². The van der Waals surface area contributed by atoms with Crippen LogP contribution in [0.5, 0.6) is 0 Å². The predicted molar refractivity (Wildman–Crippen MR) is 85.8 cm³/mol. The first-order valence-corrected chi connectivity index (χ1v) is 6.59. The van der Waals surface area contributed by atoms with Crippen LogP contribution in [0.2, 0.25) is 0 Å². The minimum absolute atomic E-state index is 0.370. The molecule has 122 valence electrons. The molecule has 0 radical (unpaired) electrons. The monoisotopic (exact) mass is 328 g/mol. The average Bonchev–Trinajstić information content (AvgIpc) is 2.54. The summed E-state index contributed by atoms with van der Waals surface area (Å²) in [5.41, 5.74) is 7.91. The van der Waals surface area contributed by atoms with Gasteiger partial charge in [-0.05, 0) is 22.8 Å². The third-order valence-electron chi connectivity index (χ3n) is 3.06. The Bertz CT molecular complexity index is 830. The molecule has 0 aliphatic rings. The van der Waals surface area contributed by atoms with Crippen molar-refractivity contribution in [2.45, 2.75) is 0 Å². The zero-order valence-corrected chi connectivity index (χ0v) is 12.2. The van der Waals surface area contributed by atoms with Crippen molar-refractivity contribution >= 4 is 23.9 Å². The number of hydrogen-bond acceptors (Lipinski definition) is 5. The summed E-state index contributed by atoms with van der Waals surface area (Å²) in [7, 11) is 0. The van der Waals surface area contributed by atoms with Gasteiger partial charge in [0.05, 0.1) is 11.1 Å². The van der Waals surface area contributed by atoms with E-state index in [1.54, 1.807) is 24.3 Å². The zero-order valence-electron chi connectivity index (χ0n) is 12.2. The van der Waals surface area contributed by atoms with Crippen molar-refractivity contribution in [2.75, 3.05) is 0 Å². The first kappa shape index (κ1) is 16.6. The maximum atomic E-state index is 11.0. The van der Waals surface area contributed by atoms with Crippen LogP contribution < -0.4 is 11.2 Å². The molecule has 0 unspecified atom stereocenters. The van der Waals surface area contributed by atoms with Gasteiger partial charge in [0.2, 0.25) is 0 Å². The molecule has 0 aliphatic carbocycles. The van der Waals surface area contributed by atoms with Crippen molar-refractivity contribution in [1.29, 1.82) is 0 Å². The van der Waals surface area contributed by atoms with E-state index in [1.165, 1.54) is 24.4 Å². The molecule has 0 aromatic heterocycles. The second-order valence-electron chi connectivity index (χ2n) is 4.65. The van der Waals surface area contributed by atoms with Crippen molar-refractivity contribution in [3.05, 3.63) is 63.7 Å². The number of carbonyl (C=O) groups is 2. The van der Waals surface area contributed by atoms with Gasteiger partial charge in [-0.1, -0.05) is 30.3 Å². The van der Waals surface area contributed by atoms with Gasteiger partial charge >= 0.3 is 12.0 Å². The molecule has 0 aliphatic heterocycles. The first-order valence-electron chi connectivity index (χ1n) is 6.59. The van der Waals surface area contributed by atoms with Crippen LogP contribution in [0.3, 0.4) is 0 Å². The maximum absolute atomic E-state index is 11.0. The molecular weight excluding hydrogens is 316 g/mol. The zero-order chi connectivity index (χ0) is 17.7. The molecule has 0 saturated carbocycles.